The summed E-state index contributed by atoms with van der Waals surface area (Å²) in [4.78, 5) is 11.1. The van der Waals surface area contributed by atoms with Crippen molar-refractivity contribution >= 4 is 17.7 Å². The van der Waals surface area contributed by atoms with Crippen LogP contribution < -0.4 is 0 Å². The molecule has 3 heteroatoms. The van der Waals surface area contributed by atoms with Gasteiger partial charge < -0.3 is 4.74 Å². The molecule has 2 nitrogen and oxygen atoms in total. The summed E-state index contributed by atoms with van der Waals surface area (Å²) >= 11 is 1.59. The third-order valence-corrected chi connectivity index (χ3v) is 3.07. The fourth-order valence-electron chi connectivity index (χ4n) is 1.03. The molecule has 1 rings (SSSR count). The highest BCUT2D eigenvalue weighted by Crippen LogP contribution is 2.17. The molecule has 0 spiro atoms. The Morgan fingerprint density at radius 3 is 2.64 bits per heavy atom. The maximum absolute atomic E-state index is 11.1. The third kappa shape index (κ3) is 3.42. The van der Waals surface area contributed by atoms with Crippen molar-refractivity contribution in [2.75, 3.05) is 7.11 Å². The molecule has 1 aromatic rings. The summed E-state index contributed by atoms with van der Waals surface area (Å²) in [5.41, 5.74) is 1.23. The molecule has 0 fully saturated rings. The van der Waals surface area contributed by atoms with E-state index in [-0.39, 0.29) is 11.2 Å². The van der Waals surface area contributed by atoms with Gasteiger partial charge in [-0.15, -0.1) is 11.8 Å². The summed E-state index contributed by atoms with van der Waals surface area (Å²) in [6.45, 7) is 1.86. The Balaban J connectivity index is 2.38. The lowest BCUT2D eigenvalue weighted by Crippen LogP contribution is -2.14. The van der Waals surface area contributed by atoms with Gasteiger partial charge in [-0.25, -0.2) is 0 Å². The zero-order valence-corrected chi connectivity index (χ0v) is 9.21. The van der Waals surface area contributed by atoms with E-state index in [0.29, 0.717) is 0 Å². The molecular weight excluding hydrogens is 196 g/mol. The van der Waals surface area contributed by atoms with Crippen molar-refractivity contribution in [3.63, 3.8) is 0 Å². The molecule has 0 aromatic heterocycles. The second-order valence-corrected chi connectivity index (χ2v) is 4.29. The number of thioether (sulfide) groups is 1. The molecule has 0 aliphatic heterocycles. The van der Waals surface area contributed by atoms with Gasteiger partial charge in [-0.3, -0.25) is 4.79 Å². The molecule has 0 aliphatic rings. The Morgan fingerprint density at radius 1 is 1.43 bits per heavy atom. The van der Waals surface area contributed by atoms with E-state index in [9.17, 15) is 4.79 Å². The van der Waals surface area contributed by atoms with Crippen LogP contribution >= 0.6 is 11.8 Å². The molecule has 14 heavy (non-hydrogen) atoms. The van der Waals surface area contributed by atoms with Crippen LogP contribution in [0.1, 0.15) is 12.5 Å². The fraction of sp³-hybridized carbons (Fsp3) is 0.364. The topological polar surface area (TPSA) is 26.3 Å². The summed E-state index contributed by atoms with van der Waals surface area (Å²) in [6.07, 6.45) is 0. The smallest absolute Gasteiger partial charge is 0.318 e. The minimum atomic E-state index is -0.161. The molecule has 0 saturated carbocycles. The molecule has 1 aromatic carbocycles. The predicted molar refractivity (Wildman–Crippen MR) is 59.2 cm³/mol. The van der Waals surface area contributed by atoms with Crippen LogP contribution in [0.2, 0.25) is 0 Å². The first-order valence-corrected chi connectivity index (χ1v) is 5.52. The molecule has 0 heterocycles. The lowest BCUT2D eigenvalue weighted by atomic mass is 10.2. The first-order chi connectivity index (χ1) is 6.74. The molecule has 0 bridgehead atoms. The molecule has 0 saturated heterocycles. The number of carbonyl (C=O) groups is 1. The van der Waals surface area contributed by atoms with Gasteiger partial charge in [-0.1, -0.05) is 30.3 Å². The molecule has 0 aliphatic carbocycles. The van der Waals surface area contributed by atoms with Crippen LogP contribution in [-0.2, 0) is 15.3 Å². The summed E-state index contributed by atoms with van der Waals surface area (Å²) < 4.78 is 4.64. The first kappa shape index (κ1) is 11.1. The van der Waals surface area contributed by atoms with E-state index in [1.54, 1.807) is 11.8 Å². The van der Waals surface area contributed by atoms with E-state index in [1.807, 2.05) is 25.1 Å². The second-order valence-electron chi connectivity index (χ2n) is 2.96. The number of methoxy groups -OCH3 is 1. The van der Waals surface area contributed by atoms with E-state index in [1.165, 1.54) is 12.7 Å². The third-order valence-electron chi connectivity index (χ3n) is 1.88. The normalized spacial score (nSPS) is 12.1. The number of rotatable bonds is 4. The second kappa shape index (κ2) is 5.70. The van der Waals surface area contributed by atoms with Gasteiger partial charge >= 0.3 is 5.97 Å². The van der Waals surface area contributed by atoms with Crippen molar-refractivity contribution in [2.45, 2.75) is 17.9 Å². The molecule has 76 valence electrons. The van der Waals surface area contributed by atoms with Crippen LogP contribution in [0.4, 0.5) is 0 Å². The Bertz CT molecular complexity index is 285. The quantitative estimate of drug-likeness (QED) is 0.714. The molecule has 0 radical (unpaired) electrons. The minimum Gasteiger partial charge on any atom is -0.468 e. The van der Waals surface area contributed by atoms with E-state index < -0.39 is 0 Å². The van der Waals surface area contributed by atoms with E-state index in [2.05, 4.69) is 16.9 Å². The number of benzene rings is 1. The van der Waals surface area contributed by atoms with Crippen LogP contribution in [0.3, 0.4) is 0 Å². The molecular formula is C11H14O2S. The molecule has 0 amide bonds. The standard InChI is InChI=1S/C11H14O2S/c1-9(11(12)13-2)14-8-10-6-4-3-5-7-10/h3-7,9H,8H2,1-2H3/t9-/m0/s1. The Morgan fingerprint density at radius 2 is 2.07 bits per heavy atom. The minimum absolute atomic E-state index is 0.0970. The SMILES string of the molecule is COC(=O)[C@H](C)SCc1ccccc1. The maximum Gasteiger partial charge on any atom is 0.318 e. The van der Waals surface area contributed by atoms with E-state index in [4.69, 9.17) is 0 Å². The van der Waals surface area contributed by atoms with E-state index >= 15 is 0 Å². The van der Waals surface area contributed by atoms with Gasteiger partial charge in [0.05, 0.1) is 12.4 Å². The van der Waals surface area contributed by atoms with Crippen molar-refractivity contribution in [1.82, 2.24) is 0 Å². The van der Waals surface area contributed by atoms with Crippen LogP contribution in [0.5, 0.6) is 0 Å². The molecule has 1 atom stereocenters. The zero-order valence-electron chi connectivity index (χ0n) is 8.40. The Kier molecular flexibility index (Phi) is 4.53. The monoisotopic (exact) mass is 210 g/mol. The van der Waals surface area contributed by atoms with Crippen molar-refractivity contribution in [1.29, 1.82) is 0 Å². The van der Waals surface area contributed by atoms with E-state index in [0.717, 1.165) is 5.75 Å². The Labute approximate surface area is 88.7 Å². The molecule has 0 unspecified atom stereocenters. The average Bonchev–Trinajstić information content (AvgIpc) is 2.26. The van der Waals surface area contributed by atoms with Gasteiger partial charge in [0.15, 0.2) is 0 Å². The summed E-state index contributed by atoms with van der Waals surface area (Å²) in [6, 6.07) is 10.1. The van der Waals surface area contributed by atoms with Crippen molar-refractivity contribution in [2.24, 2.45) is 0 Å². The van der Waals surface area contributed by atoms with Crippen molar-refractivity contribution < 1.29 is 9.53 Å². The van der Waals surface area contributed by atoms with Crippen LogP contribution in [0.15, 0.2) is 30.3 Å². The largest absolute Gasteiger partial charge is 0.468 e. The van der Waals surface area contributed by atoms with Gasteiger partial charge in [0.25, 0.3) is 0 Å². The lowest BCUT2D eigenvalue weighted by molar-refractivity contribution is -0.139. The van der Waals surface area contributed by atoms with Gasteiger partial charge in [0, 0.05) is 5.75 Å². The number of hydrogen-bond acceptors (Lipinski definition) is 3. The van der Waals surface area contributed by atoms with Crippen LogP contribution in [0, 0.1) is 0 Å². The predicted octanol–water partition coefficient (Wildman–Crippen LogP) is 2.48. The number of esters is 1. The maximum atomic E-state index is 11.1. The summed E-state index contributed by atoms with van der Waals surface area (Å²) in [5.74, 6) is 0.683. The van der Waals surface area contributed by atoms with Crippen LogP contribution in [0.25, 0.3) is 0 Å². The Hall–Kier alpha value is -0.960. The zero-order chi connectivity index (χ0) is 10.4. The molecule has 0 N–H and O–H groups in total. The first-order valence-electron chi connectivity index (χ1n) is 4.47. The number of hydrogen-bond donors (Lipinski definition) is 0. The van der Waals surface area contributed by atoms with Crippen molar-refractivity contribution in [3.8, 4) is 0 Å². The fourth-order valence-corrected chi connectivity index (χ4v) is 1.90. The van der Waals surface area contributed by atoms with Crippen molar-refractivity contribution in [3.05, 3.63) is 35.9 Å². The van der Waals surface area contributed by atoms with Gasteiger partial charge in [-0.05, 0) is 12.5 Å². The highest BCUT2D eigenvalue weighted by molar-refractivity contribution is 7.99. The lowest BCUT2D eigenvalue weighted by Gasteiger charge is -2.08. The summed E-state index contributed by atoms with van der Waals surface area (Å²) in [7, 11) is 1.42. The summed E-state index contributed by atoms with van der Waals surface area (Å²) in [5, 5.41) is -0.0970. The highest BCUT2D eigenvalue weighted by atomic mass is 32.2. The average molecular weight is 210 g/mol. The highest BCUT2D eigenvalue weighted by Gasteiger charge is 2.12. The number of ether oxygens (including phenoxy) is 1. The number of carbonyl (C=O) groups excluding carboxylic acids is 1. The van der Waals surface area contributed by atoms with Gasteiger partial charge in [0.2, 0.25) is 0 Å². The van der Waals surface area contributed by atoms with Gasteiger partial charge in [-0.2, -0.15) is 0 Å². The van der Waals surface area contributed by atoms with Gasteiger partial charge in [0.1, 0.15) is 0 Å². The van der Waals surface area contributed by atoms with Crippen LogP contribution in [-0.4, -0.2) is 18.3 Å².